The molecule has 190 valence electrons. The Hall–Kier alpha value is -4.47. The zero-order valence-electron chi connectivity index (χ0n) is 20.3. The molecule has 0 aliphatic heterocycles. The van der Waals surface area contributed by atoms with Gasteiger partial charge in [0, 0.05) is 5.56 Å². The Morgan fingerprint density at radius 2 is 1.39 bits per heavy atom. The van der Waals surface area contributed by atoms with E-state index in [1.54, 1.807) is 36.4 Å². The summed E-state index contributed by atoms with van der Waals surface area (Å²) in [7, 11) is -2.44. The van der Waals surface area contributed by atoms with E-state index in [1.807, 2.05) is 60.7 Å². The summed E-state index contributed by atoms with van der Waals surface area (Å²) in [6.07, 6.45) is 0. The van der Waals surface area contributed by atoms with E-state index in [4.69, 9.17) is 9.72 Å². The number of amides is 1. The van der Waals surface area contributed by atoms with E-state index in [-0.39, 0.29) is 16.1 Å². The van der Waals surface area contributed by atoms with Gasteiger partial charge in [0.25, 0.3) is 15.9 Å². The highest BCUT2D eigenvalue weighted by Crippen LogP contribution is 2.39. The minimum atomic E-state index is -3.94. The first-order valence-corrected chi connectivity index (χ1v) is 13.9. The lowest BCUT2D eigenvalue weighted by Crippen LogP contribution is -2.18. The van der Waals surface area contributed by atoms with E-state index < -0.39 is 15.9 Å². The van der Waals surface area contributed by atoms with Gasteiger partial charge in [-0.3, -0.25) is 14.8 Å². The number of hydrogen-bond acceptors (Lipinski definition) is 6. The number of aromatic nitrogens is 1. The fraction of sp³-hybridized carbons (Fsp3) is 0.0345. The van der Waals surface area contributed by atoms with Crippen molar-refractivity contribution < 1.29 is 17.9 Å². The Kier molecular flexibility index (Phi) is 7.21. The minimum absolute atomic E-state index is 0.0495. The maximum absolute atomic E-state index is 13.3. The zero-order chi connectivity index (χ0) is 26.5. The van der Waals surface area contributed by atoms with E-state index in [0.717, 1.165) is 21.7 Å². The van der Waals surface area contributed by atoms with Crippen molar-refractivity contribution in [1.82, 2.24) is 4.98 Å². The molecule has 0 aliphatic rings. The molecule has 4 aromatic carbocycles. The number of benzene rings is 4. The highest BCUT2D eigenvalue weighted by molar-refractivity contribution is 7.92. The molecule has 7 nitrogen and oxygen atoms in total. The molecular weight excluding hydrogens is 518 g/mol. The zero-order valence-corrected chi connectivity index (χ0v) is 21.9. The van der Waals surface area contributed by atoms with Gasteiger partial charge in [0.05, 0.1) is 33.8 Å². The van der Waals surface area contributed by atoms with E-state index in [0.29, 0.717) is 10.9 Å². The summed E-state index contributed by atoms with van der Waals surface area (Å²) in [6, 6.07) is 32.0. The largest absolute Gasteiger partial charge is 0.497 e. The third-order valence-corrected chi connectivity index (χ3v) is 8.12. The summed E-state index contributed by atoms with van der Waals surface area (Å²) in [5.74, 6) is 0.0583. The van der Waals surface area contributed by atoms with Gasteiger partial charge in [-0.05, 0) is 42.0 Å². The molecule has 9 heteroatoms. The summed E-state index contributed by atoms with van der Waals surface area (Å²) >= 11 is 1.36. The standard InChI is InChI=1S/C29H23N3O4S2/c1-36-22-16-18-23(19-17-22)38(34,35)32-25-15-9-8-14-24(25)28(33)31-29-30-26(20-10-4-2-5-11-20)27(37-29)21-12-6-3-7-13-21/h2-19,32H,1H3,(H,30,31,33). The highest BCUT2D eigenvalue weighted by atomic mass is 32.2. The van der Waals surface area contributed by atoms with Crippen molar-refractivity contribution in [3.63, 3.8) is 0 Å². The van der Waals surface area contributed by atoms with Gasteiger partial charge in [0.2, 0.25) is 0 Å². The number of ether oxygens (including phenoxy) is 1. The lowest BCUT2D eigenvalue weighted by atomic mass is 10.1. The predicted molar refractivity (Wildman–Crippen MR) is 151 cm³/mol. The van der Waals surface area contributed by atoms with Crippen LogP contribution in [0.1, 0.15) is 10.4 Å². The Morgan fingerprint density at radius 1 is 0.789 bits per heavy atom. The van der Waals surface area contributed by atoms with Crippen molar-refractivity contribution in [3.05, 3.63) is 115 Å². The summed E-state index contributed by atoms with van der Waals surface area (Å²) in [4.78, 5) is 19.0. The molecular formula is C29H23N3O4S2. The first-order valence-electron chi connectivity index (χ1n) is 11.6. The molecule has 0 saturated carbocycles. The number of hydrogen-bond donors (Lipinski definition) is 2. The SMILES string of the molecule is COc1ccc(S(=O)(=O)Nc2ccccc2C(=O)Nc2nc(-c3ccccc3)c(-c3ccccc3)s2)cc1. The monoisotopic (exact) mass is 541 g/mol. The summed E-state index contributed by atoms with van der Waals surface area (Å²) in [6.45, 7) is 0. The second-order valence-electron chi connectivity index (χ2n) is 8.21. The molecule has 1 heterocycles. The van der Waals surface area contributed by atoms with Crippen LogP contribution in [0.15, 0.2) is 114 Å². The van der Waals surface area contributed by atoms with Crippen molar-refractivity contribution in [2.45, 2.75) is 4.90 Å². The first kappa shape index (κ1) is 25.2. The number of thiazole rings is 1. The van der Waals surface area contributed by atoms with Gasteiger partial charge in [0.1, 0.15) is 5.75 Å². The number of rotatable bonds is 8. The number of carbonyl (C=O) groups is 1. The van der Waals surface area contributed by atoms with E-state index >= 15 is 0 Å². The number of sulfonamides is 1. The van der Waals surface area contributed by atoms with Gasteiger partial charge in [-0.2, -0.15) is 0 Å². The van der Waals surface area contributed by atoms with Crippen molar-refractivity contribution in [3.8, 4) is 27.4 Å². The van der Waals surface area contributed by atoms with Crippen LogP contribution in [0.25, 0.3) is 21.7 Å². The van der Waals surface area contributed by atoms with Crippen LogP contribution < -0.4 is 14.8 Å². The molecule has 1 aromatic heterocycles. The number of nitrogens with one attached hydrogen (secondary N) is 2. The van der Waals surface area contributed by atoms with Gasteiger partial charge >= 0.3 is 0 Å². The molecule has 38 heavy (non-hydrogen) atoms. The van der Waals surface area contributed by atoms with Crippen LogP contribution in [0.5, 0.6) is 5.75 Å². The number of nitrogens with zero attached hydrogens (tertiary/aromatic N) is 1. The topological polar surface area (TPSA) is 97.4 Å². The molecule has 0 fully saturated rings. The van der Waals surface area contributed by atoms with Gasteiger partial charge in [-0.1, -0.05) is 84.1 Å². The number of para-hydroxylation sites is 1. The fourth-order valence-electron chi connectivity index (χ4n) is 3.84. The highest BCUT2D eigenvalue weighted by Gasteiger charge is 2.21. The van der Waals surface area contributed by atoms with Gasteiger partial charge in [-0.25, -0.2) is 13.4 Å². The third kappa shape index (κ3) is 5.44. The van der Waals surface area contributed by atoms with Crippen molar-refractivity contribution >= 4 is 38.1 Å². The van der Waals surface area contributed by atoms with Crippen LogP contribution in [0.2, 0.25) is 0 Å². The van der Waals surface area contributed by atoms with Crippen molar-refractivity contribution in [2.75, 3.05) is 17.1 Å². The second-order valence-corrected chi connectivity index (χ2v) is 10.9. The molecule has 0 radical (unpaired) electrons. The van der Waals surface area contributed by atoms with Crippen LogP contribution in [-0.2, 0) is 10.0 Å². The Labute approximate surface area is 224 Å². The van der Waals surface area contributed by atoms with Gasteiger partial charge in [-0.15, -0.1) is 0 Å². The maximum atomic E-state index is 13.3. The molecule has 0 aliphatic carbocycles. The lowest BCUT2D eigenvalue weighted by molar-refractivity contribution is 0.102. The summed E-state index contributed by atoms with van der Waals surface area (Å²) in [5.41, 5.74) is 2.99. The Balaban J connectivity index is 1.44. The molecule has 0 saturated heterocycles. The molecule has 0 bridgehead atoms. The molecule has 0 atom stereocenters. The summed E-state index contributed by atoms with van der Waals surface area (Å²) < 4.78 is 33.6. The fourth-order valence-corrected chi connectivity index (χ4v) is 5.91. The first-order chi connectivity index (χ1) is 18.4. The number of methoxy groups -OCH3 is 1. The normalized spacial score (nSPS) is 11.1. The summed E-state index contributed by atoms with van der Waals surface area (Å²) in [5, 5.41) is 3.26. The lowest BCUT2D eigenvalue weighted by Gasteiger charge is -2.12. The Bertz CT molecular complexity index is 1610. The van der Waals surface area contributed by atoms with Crippen molar-refractivity contribution in [1.29, 1.82) is 0 Å². The average Bonchev–Trinajstić information content (AvgIpc) is 3.38. The second kappa shape index (κ2) is 10.9. The van der Waals surface area contributed by atoms with Crippen LogP contribution >= 0.6 is 11.3 Å². The number of carbonyl (C=O) groups excluding carboxylic acids is 1. The van der Waals surface area contributed by atoms with Crippen LogP contribution in [-0.4, -0.2) is 26.4 Å². The Morgan fingerprint density at radius 3 is 2.05 bits per heavy atom. The van der Waals surface area contributed by atoms with Gasteiger partial charge < -0.3 is 4.74 Å². The smallest absolute Gasteiger partial charge is 0.261 e. The van der Waals surface area contributed by atoms with E-state index in [9.17, 15) is 13.2 Å². The van der Waals surface area contributed by atoms with Crippen LogP contribution in [0, 0.1) is 0 Å². The predicted octanol–water partition coefficient (Wildman–Crippen LogP) is 6.54. The van der Waals surface area contributed by atoms with E-state index in [2.05, 4.69) is 10.0 Å². The molecule has 5 rings (SSSR count). The third-order valence-electron chi connectivity index (χ3n) is 5.72. The van der Waals surface area contributed by atoms with Gasteiger partial charge in [0.15, 0.2) is 5.13 Å². The minimum Gasteiger partial charge on any atom is -0.497 e. The number of anilines is 2. The molecule has 0 unspecified atom stereocenters. The quantitative estimate of drug-likeness (QED) is 0.233. The molecule has 1 amide bonds. The molecule has 2 N–H and O–H groups in total. The maximum Gasteiger partial charge on any atom is 0.261 e. The van der Waals surface area contributed by atoms with Crippen molar-refractivity contribution in [2.24, 2.45) is 0 Å². The average molecular weight is 542 g/mol. The molecule has 0 spiro atoms. The van der Waals surface area contributed by atoms with Crippen LogP contribution in [0.4, 0.5) is 10.8 Å². The van der Waals surface area contributed by atoms with E-state index in [1.165, 1.54) is 30.6 Å². The molecule has 5 aromatic rings. The van der Waals surface area contributed by atoms with Crippen LogP contribution in [0.3, 0.4) is 0 Å².